The maximum atomic E-state index is 12.2. The zero-order chi connectivity index (χ0) is 24.6. The van der Waals surface area contributed by atoms with Crippen LogP contribution in [0, 0.1) is 11.3 Å². The van der Waals surface area contributed by atoms with Crippen LogP contribution in [0.5, 0.6) is 11.5 Å². The van der Waals surface area contributed by atoms with Crippen molar-refractivity contribution in [2.45, 2.75) is 48.8 Å². The zero-order valence-corrected chi connectivity index (χ0v) is 20.4. The lowest BCUT2D eigenvalue weighted by Gasteiger charge is -2.40. The van der Waals surface area contributed by atoms with Crippen molar-refractivity contribution in [3.8, 4) is 17.6 Å². The van der Waals surface area contributed by atoms with Gasteiger partial charge >= 0.3 is 0 Å². The molecule has 0 amide bonds. The van der Waals surface area contributed by atoms with Crippen LogP contribution >= 0.6 is 0 Å². The summed E-state index contributed by atoms with van der Waals surface area (Å²) in [7, 11) is 5.85. The third-order valence-electron chi connectivity index (χ3n) is 7.60. The van der Waals surface area contributed by atoms with E-state index in [0.29, 0.717) is 29.0 Å². The number of hydrogen-bond donors (Lipinski definition) is 1. The molecule has 2 heterocycles. The van der Waals surface area contributed by atoms with Crippen LogP contribution in [-0.4, -0.2) is 42.2 Å². The lowest BCUT2D eigenvalue weighted by atomic mass is 9.71. The minimum Gasteiger partial charge on any atom is -0.495 e. The second-order valence-corrected chi connectivity index (χ2v) is 9.80. The number of methoxy groups -OCH3 is 1. The predicted octanol–water partition coefficient (Wildman–Crippen LogP) is 4.73. The van der Waals surface area contributed by atoms with E-state index in [1.54, 1.807) is 31.6 Å². The largest absolute Gasteiger partial charge is 0.495 e. The summed E-state index contributed by atoms with van der Waals surface area (Å²) < 4.78 is 12.2. The van der Waals surface area contributed by atoms with Crippen LogP contribution < -0.4 is 9.47 Å². The van der Waals surface area contributed by atoms with Gasteiger partial charge in [-0.05, 0) is 63.0 Å². The Morgan fingerprint density at radius 3 is 2.34 bits per heavy atom. The molecule has 2 fully saturated rings. The molecule has 6 heteroatoms. The SMILES string of the molecule is CN(C)C1CC1.COc1cncc2c1C1(O)CCC(c3ccccc3)C1(c1ccc(C#N)cc1)O2. The number of nitriles is 1. The monoisotopic (exact) mass is 469 g/mol. The van der Waals surface area contributed by atoms with E-state index in [2.05, 4.69) is 42.2 Å². The Bertz CT molecular complexity index is 1230. The Morgan fingerprint density at radius 1 is 1.06 bits per heavy atom. The molecule has 3 atom stereocenters. The highest BCUT2D eigenvalue weighted by atomic mass is 16.5. The average molecular weight is 470 g/mol. The second-order valence-electron chi connectivity index (χ2n) is 9.80. The van der Waals surface area contributed by atoms with Gasteiger partial charge < -0.3 is 19.5 Å². The zero-order valence-electron chi connectivity index (χ0n) is 20.4. The minimum atomic E-state index is -1.27. The Morgan fingerprint density at radius 2 is 1.77 bits per heavy atom. The molecule has 3 unspecified atom stereocenters. The van der Waals surface area contributed by atoms with E-state index in [1.807, 2.05) is 30.3 Å². The van der Waals surface area contributed by atoms with E-state index in [1.165, 1.54) is 12.8 Å². The lowest BCUT2D eigenvalue weighted by molar-refractivity contribution is -0.106. The number of ether oxygens (including phenoxy) is 2. The number of aliphatic hydroxyl groups is 1. The van der Waals surface area contributed by atoms with E-state index in [0.717, 1.165) is 23.6 Å². The number of pyridine rings is 1. The fraction of sp³-hybridized carbons (Fsp3) is 0.379. The number of nitrogens with zero attached hydrogens (tertiary/aromatic N) is 3. The summed E-state index contributed by atoms with van der Waals surface area (Å²) in [5.74, 6) is 0.991. The lowest BCUT2D eigenvalue weighted by Crippen LogP contribution is -2.48. The van der Waals surface area contributed by atoms with Crippen molar-refractivity contribution < 1.29 is 14.6 Å². The van der Waals surface area contributed by atoms with Gasteiger partial charge in [-0.3, -0.25) is 4.98 Å². The molecule has 35 heavy (non-hydrogen) atoms. The summed E-state index contributed by atoms with van der Waals surface area (Å²) in [6.45, 7) is 0. The molecule has 1 aromatic heterocycles. The fourth-order valence-electron chi connectivity index (χ4n) is 5.70. The third-order valence-corrected chi connectivity index (χ3v) is 7.60. The molecule has 6 nitrogen and oxygen atoms in total. The number of hydrogen-bond acceptors (Lipinski definition) is 6. The van der Waals surface area contributed by atoms with Crippen LogP contribution in [0.1, 0.15) is 53.9 Å². The summed E-state index contributed by atoms with van der Waals surface area (Å²) >= 11 is 0. The van der Waals surface area contributed by atoms with Crippen molar-refractivity contribution in [2.75, 3.05) is 21.2 Å². The molecule has 6 rings (SSSR count). The van der Waals surface area contributed by atoms with Crippen molar-refractivity contribution in [1.82, 2.24) is 9.88 Å². The smallest absolute Gasteiger partial charge is 0.174 e. The Balaban J connectivity index is 0.000000371. The van der Waals surface area contributed by atoms with Gasteiger partial charge in [0.25, 0.3) is 0 Å². The number of benzene rings is 2. The molecule has 0 saturated heterocycles. The van der Waals surface area contributed by atoms with Crippen LogP contribution in [0.2, 0.25) is 0 Å². The Hall–Kier alpha value is -3.40. The van der Waals surface area contributed by atoms with Crippen LogP contribution in [0.3, 0.4) is 0 Å². The molecule has 3 aromatic rings. The summed E-state index contributed by atoms with van der Waals surface area (Å²) in [4.78, 5) is 6.51. The van der Waals surface area contributed by atoms with Crippen molar-refractivity contribution in [2.24, 2.45) is 0 Å². The van der Waals surface area contributed by atoms with Crippen LogP contribution in [0.4, 0.5) is 0 Å². The van der Waals surface area contributed by atoms with Gasteiger partial charge in [-0.25, -0.2) is 0 Å². The molecule has 1 N–H and O–H groups in total. The highest BCUT2D eigenvalue weighted by Gasteiger charge is 2.69. The topological polar surface area (TPSA) is 78.6 Å². The quantitative estimate of drug-likeness (QED) is 0.595. The molecule has 180 valence electrons. The molecule has 0 radical (unpaired) electrons. The van der Waals surface area contributed by atoms with Crippen molar-refractivity contribution in [3.05, 3.63) is 89.2 Å². The Kier molecular flexibility index (Phi) is 6.00. The standard InChI is InChI=1S/C24H20N2O3.C5H11N/c1-28-20-14-26-15-21-22(20)23(27)12-11-19(17-5-3-2-4-6-17)24(23,29-21)18-9-7-16(13-25)8-10-18;1-6(2)5-3-4-5/h2-10,14-15,19,27H,11-12H2,1H3;5H,3-4H2,1-2H3. The van der Waals surface area contributed by atoms with Crippen molar-refractivity contribution >= 4 is 0 Å². The number of aromatic nitrogens is 1. The summed E-state index contributed by atoms with van der Waals surface area (Å²) in [6, 6.07) is 20.5. The van der Waals surface area contributed by atoms with Crippen LogP contribution in [0.15, 0.2) is 67.0 Å². The molecule has 2 aliphatic carbocycles. The summed E-state index contributed by atoms with van der Waals surface area (Å²) in [5.41, 5.74) is 0.860. The first kappa shape index (κ1) is 23.3. The van der Waals surface area contributed by atoms with E-state index in [-0.39, 0.29) is 5.92 Å². The fourth-order valence-corrected chi connectivity index (χ4v) is 5.70. The maximum Gasteiger partial charge on any atom is 0.174 e. The predicted molar refractivity (Wildman–Crippen MR) is 133 cm³/mol. The van der Waals surface area contributed by atoms with Crippen molar-refractivity contribution in [1.29, 1.82) is 5.26 Å². The molecular weight excluding hydrogens is 438 g/mol. The molecule has 2 aromatic carbocycles. The van der Waals surface area contributed by atoms with Gasteiger partial charge in [0.1, 0.15) is 17.1 Å². The summed E-state index contributed by atoms with van der Waals surface area (Å²) in [5, 5.41) is 21.4. The van der Waals surface area contributed by atoms with E-state index < -0.39 is 11.2 Å². The van der Waals surface area contributed by atoms with Gasteiger partial charge in [0, 0.05) is 12.0 Å². The second kappa shape index (κ2) is 8.99. The van der Waals surface area contributed by atoms with Gasteiger partial charge in [-0.1, -0.05) is 42.5 Å². The van der Waals surface area contributed by atoms with Crippen molar-refractivity contribution in [3.63, 3.8) is 0 Å². The van der Waals surface area contributed by atoms with E-state index >= 15 is 0 Å². The first-order chi connectivity index (χ1) is 16.9. The van der Waals surface area contributed by atoms with Crippen LogP contribution in [0.25, 0.3) is 0 Å². The van der Waals surface area contributed by atoms with Gasteiger partial charge in [0.2, 0.25) is 0 Å². The van der Waals surface area contributed by atoms with Gasteiger partial charge in [-0.15, -0.1) is 0 Å². The first-order valence-corrected chi connectivity index (χ1v) is 12.1. The highest BCUT2D eigenvalue weighted by molar-refractivity contribution is 5.57. The maximum absolute atomic E-state index is 12.2. The molecule has 3 aliphatic rings. The summed E-state index contributed by atoms with van der Waals surface area (Å²) in [6.07, 6.45) is 7.39. The molecular formula is C29H31N3O3. The highest BCUT2D eigenvalue weighted by Crippen LogP contribution is 2.67. The molecule has 0 bridgehead atoms. The van der Waals surface area contributed by atoms with Crippen LogP contribution in [-0.2, 0) is 11.2 Å². The molecule has 1 aliphatic heterocycles. The average Bonchev–Trinajstić information content (AvgIpc) is 3.66. The first-order valence-electron chi connectivity index (χ1n) is 12.1. The third kappa shape index (κ3) is 3.76. The number of fused-ring (bicyclic) bond motifs is 3. The molecule has 2 saturated carbocycles. The normalized spacial score (nSPS) is 26.1. The molecule has 0 spiro atoms. The Labute approximate surface area is 206 Å². The number of rotatable bonds is 4. The minimum absolute atomic E-state index is 0.0706. The van der Waals surface area contributed by atoms with Gasteiger partial charge in [0.05, 0.1) is 36.7 Å². The van der Waals surface area contributed by atoms with Gasteiger partial charge in [0.15, 0.2) is 5.60 Å². The van der Waals surface area contributed by atoms with E-state index in [4.69, 9.17) is 9.47 Å². The van der Waals surface area contributed by atoms with Gasteiger partial charge in [-0.2, -0.15) is 5.26 Å². The van der Waals surface area contributed by atoms with E-state index in [9.17, 15) is 10.4 Å².